The third-order valence-corrected chi connectivity index (χ3v) is 3.85. The largest absolute Gasteiger partial charge is 0.492 e. The van der Waals surface area contributed by atoms with E-state index in [9.17, 15) is 4.79 Å². The molecule has 0 heterocycles. The quantitative estimate of drug-likeness (QED) is 0.608. The number of hydrogen-bond acceptors (Lipinski definition) is 3. The molecule has 2 rings (SSSR count). The van der Waals surface area contributed by atoms with Gasteiger partial charge in [-0.25, -0.2) is 0 Å². The van der Waals surface area contributed by atoms with Crippen LogP contribution < -0.4 is 14.8 Å². The lowest BCUT2D eigenvalue weighted by Gasteiger charge is -2.12. The summed E-state index contributed by atoms with van der Waals surface area (Å²) < 4.78 is 11.9. The van der Waals surface area contributed by atoms with Crippen molar-refractivity contribution in [2.45, 2.75) is 13.8 Å². The molecule has 0 spiro atoms. The highest BCUT2D eigenvalue weighted by Crippen LogP contribution is 2.27. The monoisotopic (exact) mass is 403 g/mol. The van der Waals surface area contributed by atoms with Crippen LogP contribution in [-0.2, 0) is 0 Å². The highest BCUT2D eigenvalue weighted by molar-refractivity contribution is 9.10. The third-order valence-electron chi connectivity index (χ3n) is 3.23. The van der Waals surface area contributed by atoms with E-state index in [1.54, 1.807) is 30.3 Å². The lowest BCUT2D eigenvalue weighted by Crippen LogP contribution is -2.12. The fourth-order valence-electron chi connectivity index (χ4n) is 2.04. The van der Waals surface area contributed by atoms with Crippen molar-refractivity contribution in [3.05, 3.63) is 65.2 Å². The lowest BCUT2D eigenvalue weighted by molar-refractivity contribution is 0.102. The van der Waals surface area contributed by atoms with Gasteiger partial charge in [0, 0.05) is 17.3 Å². The number of carbonyl (C=O) groups is 1. The molecule has 0 aromatic heterocycles. The van der Waals surface area contributed by atoms with E-state index < -0.39 is 0 Å². The maximum Gasteiger partial charge on any atom is 0.255 e. The zero-order valence-corrected chi connectivity index (χ0v) is 16.0. The van der Waals surface area contributed by atoms with E-state index in [4.69, 9.17) is 9.47 Å². The molecule has 0 aliphatic rings. The first-order valence-electron chi connectivity index (χ1n) is 8.07. The van der Waals surface area contributed by atoms with Crippen LogP contribution in [-0.4, -0.2) is 19.1 Å². The van der Waals surface area contributed by atoms with Crippen LogP contribution in [0.15, 0.2) is 59.6 Å². The van der Waals surface area contributed by atoms with Crippen molar-refractivity contribution in [3.8, 4) is 11.5 Å². The van der Waals surface area contributed by atoms with E-state index in [0.29, 0.717) is 36.1 Å². The van der Waals surface area contributed by atoms with Crippen molar-refractivity contribution < 1.29 is 14.3 Å². The van der Waals surface area contributed by atoms with Crippen LogP contribution in [0, 0.1) is 5.92 Å². The minimum absolute atomic E-state index is 0.197. The van der Waals surface area contributed by atoms with Gasteiger partial charge < -0.3 is 14.8 Å². The number of hydrogen-bond donors (Lipinski definition) is 1. The van der Waals surface area contributed by atoms with Crippen molar-refractivity contribution in [2.75, 3.05) is 18.5 Å². The second kappa shape index (κ2) is 9.28. The summed E-state index contributed by atoms with van der Waals surface area (Å²) >= 11 is 3.46. The zero-order chi connectivity index (χ0) is 18.2. The van der Waals surface area contributed by atoms with Crippen LogP contribution >= 0.6 is 15.9 Å². The fourth-order valence-corrected chi connectivity index (χ4v) is 2.53. The number of rotatable bonds is 8. The molecule has 0 aliphatic carbocycles. The number of benzene rings is 2. The van der Waals surface area contributed by atoms with Crippen LogP contribution in [0.5, 0.6) is 11.5 Å². The fraction of sp³-hybridized carbons (Fsp3) is 0.250. The van der Waals surface area contributed by atoms with E-state index in [2.05, 4.69) is 41.7 Å². The summed E-state index contributed by atoms with van der Waals surface area (Å²) in [4.78, 5) is 12.4. The SMILES string of the molecule is C=CCOc1cccc(NC(=O)c2ccc(OCC(C)C)c(Br)c2)c1. The Morgan fingerprint density at radius 2 is 2.04 bits per heavy atom. The molecule has 0 aliphatic heterocycles. The van der Waals surface area contributed by atoms with Gasteiger partial charge in [0.15, 0.2) is 0 Å². The highest BCUT2D eigenvalue weighted by Gasteiger charge is 2.10. The van der Waals surface area contributed by atoms with Crippen LogP contribution in [0.25, 0.3) is 0 Å². The predicted octanol–water partition coefficient (Wildman–Crippen LogP) is 5.30. The molecule has 25 heavy (non-hydrogen) atoms. The number of anilines is 1. The van der Waals surface area contributed by atoms with Crippen molar-refractivity contribution in [3.63, 3.8) is 0 Å². The molecule has 0 unspecified atom stereocenters. The number of ether oxygens (including phenoxy) is 2. The Hall–Kier alpha value is -2.27. The normalized spacial score (nSPS) is 10.4. The van der Waals surface area contributed by atoms with E-state index >= 15 is 0 Å². The Morgan fingerprint density at radius 3 is 2.72 bits per heavy atom. The summed E-state index contributed by atoms with van der Waals surface area (Å²) in [6.07, 6.45) is 1.67. The predicted molar refractivity (Wildman–Crippen MR) is 105 cm³/mol. The minimum Gasteiger partial charge on any atom is -0.492 e. The molecular weight excluding hydrogens is 382 g/mol. The molecule has 2 aromatic rings. The molecule has 0 saturated heterocycles. The Morgan fingerprint density at radius 1 is 1.24 bits per heavy atom. The van der Waals surface area contributed by atoms with Gasteiger partial charge >= 0.3 is 0 Å². The third kappa shape index (κ3) is 5.94. The van der Waals surface area contributed by atoms with Crippen LogP contribution in [0.4, 0.5) is 5.69 Å². The topological polar surface area (TPSA) is 47.6 Å². The van der Waals surface area contributed by atoms with Crippen molar-refractivity contribution in [2.24, 2.45) is 5.92 Å². The number of nitrogens with one attached hydrogen (secondary N) is 1. The maximum absolute atomic E-state index is 12.4. The van der Waals surface area contributed by atoms with Gasteiger partial charge in [0.2, 0.25) is 0 Å². The minimum atomic E-state index is -0.197. The second-order valence-electron chi connectivity index (χ2n) is 5.93. The molecule has 5 heteroatoms. The van der Waals surface area contributed by atoms with Gasteiger partial charge in [-0.15, -0.1) is 0 Å². The Bertz CT molecular complexity index is 743. The van der Waals surface area contributed by atoms with Gasteiger partial charge in [0.05, 0.1) is 11.1 Å². The summed E-state index contributed by atoms with van der Waals surface area (Å²) in [5.74, 6) is 1.64. The van der Waals surface area contributed by atoms with Gasteiger partial charge in [0.1, 0.15) is 18.1 Å². The Labute approximate surface area is 157 Å². The van der Waals surface area contributed by atoms with Crippen molar-refractivity contribution in [1.82, 2.24) is 0 Å². The second-order valence-corrected chi connectivity index (χ2v) is 6.79. The number of halogens is 1. The molecule has 0 radical (unpaired) electrons. The molecule has 1 amide bonds. The standard InChI is InChI=1S/C20H22BrNO3/c1-4-10-24-17-7-5-6-16(12-17)22-20(23)15-8-9-19(18(21)11-15)25-13-14(2)3/h4-9,11-12,14H,1,10,13H2,2-3H3,(H,22,23). The summed E-state index contributed by atoms with van der Waals surface area (Å²) in [6.45, 7) is 8.83. The first kappa shape index (κ1) is 19.1. The Balaban J connectivity index is 2.05. The zero-order valence-electron chi connectivity index (χ0n) is 14.4. The summed E-state index contributed by atoms with van der Waals surface area (Å²) in [5, 5.41) is 2.87. The van der Waals surface area contributed by atoms with Crippen LogP contribution in [0.2, 0.25) is 0 Å². The van der Waals surface area contributed by atoms with Crippen molar-refractivity contribution in [1.29, 1.82) is 0 Å². The van der Waals surface area contributed by atoms with E-state index in [1.165, 1.54) is 0 Å². The van der Waals surface area contributed by atoms with Gasteiger partial charge in [-0.05, 0) is 52.2 Å². The smallest absolute Gasteiger partial charge is 0.255 e. The molecule has 0 atom stereocenters. The lowest BCUT2D eigenvalue weighted by atomic mass is 10.2. The average molecular weight is 404 g/mol. The molecule has 132 valence electrons. The van der Waals surface area contributed by atoms with Crippen molar-refractivity contribution >= 4 is 27.5 Å². The summed E-state index contributed by atoms with van der Waals surface area (Å²) in [7, 11) is 0. The van der Waals surface area contributed by atoms with Crippen LogP contribution in [0.3, 0.4) is 0 Å². The molecule has 0 saturated carbocycles. The molecular formula is C20H22BrNO3. The van der Waals surface area contributed by atoms with Gasteiger partial charge in [0.25, 0.3) is 5.91 Å². The molecule has 0 fully saturated rings. The number of amides is 1. The van der Waals surface area contributed by atoms with Gasteiger partial charge in [-0.1, -0.05) is 32.6 Å². The highest BCUT2D eigenvalue weighted by atomic mass is 79.9. The number of carbonyl (C=O) groups excluding carboxylic acids is 1. The van der Waals surface area contributed by atoms with E-state index in [-0.39, 0.29) is 5.91 Å². The first-order valence-corrected chi connectivity index (χ1v) is 8.86. The summed E-state index contributed by atoms with van der Waals surface area (Å²) in [5.41, 5.74) is 1.21. The summed E-state index contributed by atoms with van der Waals surface area (Å²) in [6, 6.07) is 12.5. The van der Waals surface area contributed by atoms with Gasteiger partial charge in [-0.3, -0.25) is 4.79 Å². The molecule has 2 aromatic carbocycles. The molecule has 0 bridgehead atoms. The van der Waals surface area contributed by atoms with Gasteiger partial charge in [-0.2, -0.15) is 0 Å². The first-order chi connectivity index (χ1) is 12.0. The molecule has 4 nitrogen and oxygen atoms in total. The van der Waals surface area contributed by atoms with Crippen LogP contribution in [0.1, 0.15) is 24.2 Å². The van der Waals surface area contributed by atoms with E-state index in [0.717, 1.165) is 10.2 Å². The average Bonchev–Trinajstić information content (AvgIpc) is 2.59. The maximum atomic E-state index is 12.4. The Kier molecular flexibility index (Phi) is 7.07. The van der Waals surface area contributed by atoms with E-state index in [1.807, 2.05) is 18.2 Å². The molecule has 1 N–H and O–H groups in total.